The maximum atomic E-state index is 14.1. The molecular formula is C18H12F7NO3S2. The molecular weight excluding hydrogens is 475 g/mol. The van der Waals surface area contributed by atoms with E-state index in [-0.39, 0.29) is 17.7 Å². The summed E-state index contributed by atoms with van der Waals surface area (Å²) in [4.78, 5) is 24.6. The molecule has 31 heavy (non-hydrogen) atoms. The largest absolute Gasteiger partial charge is 0.610 e. The molecule has 0 aliphatic rings. The van der Waals surface area contributed by atoms with Crippen LogP contribution in [0.5, 0.6) is 0 Å². The number of carbonyl (C=O) groups excluding carboxylic acids is 1. The van der Waals surface area contributed by atoms with Crippen LogP contribution in [0.3, 0.4) is 0 Å². The minimum absolute atomic E-state index is 0.0981. The van der Waals surface area contributed by atoms with Crippen molar-refractivity contribution >= 4 is 38.1 Å². The molecule has 1 atom stereocenters. The maximum absolute atomic E-state index is 14.1. The highest BCUT2D eigenvalue weighted by atomic mass is 32.5. The van der Waals surface area contributed by atoms with Crippen molar-refractivity contribution < 1.29 is 37.6 Å². The average molecular weight is 487 g/mol. The third-order valence-electron chi connectivity index (χ3n) is 4.27. The molecule has 168 valence electrons. The lowest BCUT2D eigenvalue weighted by molar-refractivity contribution is 0.101. The predicted octanol–water partition coefficient (Wildman–Crippen LogP) is 5.97. The molecule has 0 aliphatic heterocycles. The van der Waals surface area contributed by atoms with Crippen LogP contribution in [0.25, 0.3) is 10.9 Å². The molecule has 0 saturated carbocycles. The number of H-pyrrole nitrogens is 1. The molecule has 4 nitrogen and oxygen atoms in total. The number of halogens is 7. The fourth-order valence-corrected chi connectivity index (χ4v) is 4.83. The van der Waals surface area contributed by atoms with Gasteiger partial charge in [-0.05, 0) is 31.2 Å². The first-order valence-electron chi connectivity index (χ1n) is 8.26. The van der Waals surface area contributed by atoms with E-state index in [1.165, 1.54) is 0 Å². The van der Waals surface area contributed by atoms with Gasteiger partial charge in [0.1, 0.15) is 27.8 Å². The van der Waals surface area contributed by atoms with Gasteiger partial charge in [0.15, 0.2) is 5.78 Å². The second-order valence-electron chi connectivity index (χ2n) is 6.60. The monoisotopic (exact) mass is 487 g/mol. The van der Waals surface area contributed by atoms with E-state index in [0.29, 0.717) is 24.3 Å². The number of aromatic nitrogens is 1. The predicted molar refractivity (Wildman–Crippen MR) is 102 cm³/mol. The van der Waals surface area contributed by atoms with Crippen LogP contribution in [-0.2, 0) is 16.9 Å². The Hall–Kier alpha value is -2.51. The highest BCUT2D eigenvalue weighted by Crippen LogP contribution is 3.02. The molecule has 0 fully saturated rings. The first kappa shape index (κ1) is 23.2. The van der Waals surface area contributed by atoms with Crippen molar-refractivity contribution in [1.82, 2.24) is 4.98 Å². The zero-order valence-corrected chi connectivity index (χ0v) is 17.0. The minimum Gasteiger partial charge on any atom is -0.610 e. The smallest absolute Gasteiger partial charge is 0.310 e. The van der Waals surface area contributed by atoms with Crippen molar-refractivity contribution in [3.05, 3.63) is 69.4 Å². The Morgan fingerprint density at radius 2 is 1.55 bits per heavy atom. The highest BCUT2D eigenvalue weighted by Gasteiger charge is 2.65. The van der Waals surface area contributed by atoms with Crippen molar-refractivity contribution in [3.8, 4) is 0 Å². The quantitative estimate of drug-likeness (QED) is 0.274. The lowest BCUT2D eigenvalue weighted by atomic mass is 10.1. The third-order valence-corrected chi connectivity index (χ3v) is 6.79. The number of Topliss-reactive ketones (excluding diaryl/α,β-unsaturated/α-hetero) is 1. The van der Waals surface area contributed by atoms with Gasteiger partial charge in [-0.15, -0.1) is 0 Å². The number of ketones is 1. The van der Waals surface area contributed by atoms with Gasteiger partial charge in [-0.25, -0.2) is 8.78 Å². The molecule has 3 rings (SSSR count). The van der Waals surface area contributed by atoms with Gasteiger partial charge in [0.2, 0.25) is 10.5 Å². The number of aromatic amines is 1. The van der Waals surface area contributed by atoms with E-state index in [2.05, 4.69) is 4.98 Å². The SMILES string of the molecule is CC(=O)c1c([S+]([O-])Cc2ccc(S(F)(F)(F)(F)F)cc2)[nH]c2c(F)ccc(F)c2c1=O. The van der Waals surface area contributed by atoms with Crippen LogP contribution in [0, 0.1) is 11.6 Å². The Balaban J connectivity index is 2.08. The number of hydrogen-bond donors (Lipinski definition) is 1. The summed E-state index contributed by atoms with van der Waals surface area (Å²) in [5, 5.41) is -1.32. The number of benzene rings is 2. The molecule has 13 heteroatoms. The van der Waals surface area contributed by atoms with E-state index in [9.17, 15) is 42.4 Å². The Kier molecular flexibility index (Phi) is 5.04. The molecule has 1 aromatic heterocycles. The molecule has 0 saturated heterocycles. The average Bonchev–Trinajstić information content (AvgIpc) is 2.62. The summed E-state index contributed by atoms with van der Waals surface area (Å²) < 4.78 is 105. The molecule has 3 aromatic rings. The van der Waals surface area contributed by atoms with Gasteiger partial charge < -0.3 is 9.54 Å². The van der Waals surface area contributed by atoms with Gasteiger partial charge in [0, 0.05) is 16.7 Å². The summed E-state index contributed by atoms with van der Waals surface area (Å²) in [6.45, 7) is 0.928. The second-order valence-corrected chi connectivity index (χ2v) is 10.4. The van der Waals surface area contributed by atoms with Crippen LogP contribution in [0.15, 0.2) is 51.1 Å². The zero-order valence-electron chi connectivity index (χ0n) is 15.4. The van der Waals surface area contributed by atoms with E-state index >= 15 is 0 Å². The molecule has 1 N–H and O–H groups in total. The van der Waals surface area contributed by atoms with E-state index < -0.39 is 76.4 Å². The van der Waals surface area contributed by atoms with Crippen LogP contribution in [0.1, 0.15) is 22.8 Å². The minimum atomic E-state index is -9.89. The maximum Gasteiger partial charge on any atom is 0.310 e. The fourth-order valence-electron chi connectivity index (χ4n) is 2.86. The Morgan fingerprint density at radius 3 is 2.06 bits per heavy atom. The molecule has 2 aromatic carbocycles. The van der Waals surface area contributed by atoms with Crippen LogP contribution in [0.2, 0.25) is 0 Å². The van der Waals surface area contributed by atoms with Crippen LogP contribution >= 0.6 is 10.2 Å². The summed E-state index contributed by atoms with van der Waals surface area (Å²) in [6, 6.07) is 2.95. The van der Waals surface area contributed by atoms with Gasteiger partial charge in [-0.1, -0.05) is 31.6 Å². The van der Waals surface area contributed by atoms with Crippen molar-refractivity contribution in [2.45, 2.75) is 22.6 Å². The van der Waals surface area contributed by atoms with E-state index in [0.717, 1.165) is 6.92 Å². The van der Waals surface area contributed by atoms with Gasteiger partial charge in [-0.3, -0.25) is 9.59 Å². The second kappa shape index (κ2) is 6.74. The van der Waals surface area contributed by atoms with Gasteiger partial charge in [0.25, 0.3) is 0 Å². The number of hydrogen-bond acceptors (Lipinski definition) is 3. The van der Waals surface area contributed by atoms with Crippen molar-refractivity contribution in [3.63, 3.8) is 0 Å². The molecule has 0 bridgehead atoms. The summed E-state index contributed by atoms with van der Waals surface area (Å²) in [5.74, 6) is -3.70. The van der Waals surface area contributed by atoms with Crippen LogP contribution in [0.4, 0.5) is 28.2 Å². The first-order chi connectivity index (χ1) is 14.0. The van der Waals surface area contributed by atoms with E-state index in [1.54, 1.807) is 0 Å². The van der Waals surface area contributed by atoms with Gasteiger partial charge >= 0.3 is 10.2 Å². The lowest BCUT2D eigenvalue weighted by Gasteiger charge is -2.40. The molecule has 0 spiro atoms. The van der Waals surface area contributed by atoms with Gasteiger partial charge in [-0.2, -0.15) is 0 Å². The Morgan fingerprint density at radius 1 is 1.00 bits per heavy atom. The molecule has 1 heterocycles. The summed E-state index contributed by atoms with van der Waals surface area (Å²) >= 11 is -2.32. The first-order valence-corrected chi connectivity index (χ1v) is 11.5. The van der Waals surface area contributed by atoms with Crippen molar-refractivity contribution in [2.24, 2.45) is 0 Å². The van der Waals surface area contributed by atoms with Crippen molar-refractivity contribution in [2.75, 3.05) is 0 Å². The number of pyridine rings is 1. The summed E-state index contributed by atoms with van der Waals surface area (Å²) in [6.07, 6.45) is 0. The fraction of sp³-hybridized carbons (Fsp3) is 0.111. The molecule has 0 aliphatic carbocycles. The highest BCUT2D eigenvalue weighted by molar-refractivity contribution is 8.45. The summed E-state index contributed by atoms with van der Waals surface area (Å²) in [5.41, 5.74) is -2.66. The molecule has 0 radical (unpaired) electrons. The Bertz CT molecular complexity index is 1270. The summed E-state index contributed by atoms with van der Waals surface area (Å²) in [7, 11) is -9.89. The third kappa shape index (κ3) is 4.57. The number of nitrogens with one attached hydrogen (secondary N) is 1. The van der Waals surface area contributed by atoms with E-state index in [4.69, 9.17) is 0 Å². The van der Waals surface area contributed by atoms with Crippen molar-refractivity contribution in [1.29, 1.82) is 0 Å². The van der Waals surface area contributed by atoms with Crippen LogP contribution < -0.4 is 5.43 Å². The zero-order chi connectivity index (χ0) is 23.4. The van der Waals surface area contributed by atoms with Crippen LogP contribution in [-0.4, -0.2) is 15.3 Å². The lowest BCUT2D eigenvalue weighted by Crippen LogP contribution is -2.23. The van der Waals surface area contributed by atoms with E-state index in [1.807, 2.05) is 0 Å². The number of fused-ring (bicyclic) bond motifs is 1. The van der Waals surface area contributed by atoms with Gasteiger partial charge in [0.05, 0.1) is 10.9 Å². The topological polar surface area (TPSA) is 73.0 Å². The standard InChI is InChI=1S/C18H12F7NO3S2/c1-9(27)14-17(28)15-12(19)6-7-13(20)16(15)26-18(14)30(29)8-10-2-4-11(5-3-10)31(21,22,23,24)25/h2-7H,8H2,1H3,(H,26,28). The normalized spacial score (nSPS) is 15.4. The number of carbonyl (C=O) groups is 1. The molecule has 0 amide bonds. The Labute approximate surface area is 173 Å². The molecule has 1 unspecified atom stereocenters. The number of rotatable bonds is 5.